The van der Waals surface area contributed by atoms with E-state index in [0.717, 1.165) is 0 Å². The minimum absolute atomic E-state index is 0.00885. The van der Waals surface area contributed by atoms with Gasteiger partial charge in [0, 0.05) is 26.3 Å². The van der Waals surface area contributed by atoms with Crippen molar-refractivity contribution in [3.8, 4) is 0 Å². The number of aliphatic hydroxyl groups is 1. The van der Waals surface area contributed by atoms with Crippen molar-refractivity contribution >= 4 is 23.0 Å². The smallest absolute Gasteiger partial charge is 0.143 e. The summed E-state index contributed by atoms with van der Waals surface area (Å²) in [5, 5.41) is 8.99. The number of hydrogen-bond donors (Lipinski definition) is 2. The fraction of sp³-hybridized carbons (Fsp3) is 0.455. The van der Waals surface area contributed by atoms with Crippen LogP contribution in [0.4, 0.5) is 15.8 Å². The second-order valence-electron chi connectivity index (χ2n) is 3.53. The van der Waals surface area contributed by atoms with Crippen LogP contribution in [0.1, 0.15) is 0 Å². The Balaban J connectivity index is 2.96. The molecule has 0 aliphatic rings. The Hall–Kier alpha value is -1.04. The highest BCUT2D eigenvalue weighted by Crippen LogP contribution is 2.29. The first-order valence-electron chi connectivity index (χ1n) is 5.19. The lowest BCUT2D eigenvalue weighted by Gasteiger charge is -2.25. The van der Waals surface area contributed by atoms with E-state index >= 15 is 0 Å². The van der Waals surface area contributed by atoms with Gasteiger partial charge in [0.2, 0.25) is 0 Å². The van der Waals surface area contributed by atoms with Crippen LogP contribution < -0.4 is 10.6 Å². The molecule has 0 saturated heterocycles. The molecule has 0 aromatic heterocycles. The molecule has 1 rings (SSSR count). The number of hydrogen-bond acceptors (Lipinski definition) is 4. The van der Waals surface area contributed by atoms with Crippen molar-refractivity contribution in [3.63, 3.8) is 0 Å². The fourth-order valence-corrected chi connectivity index (χ4v) is 1.66. The van der Waals surface area contributed by atoms with E-state index in [1.54, 1.807) is 12.0 Å². The van der Waals surface area contributed by atoms with Crippen LogP contribution in [-0.2, 0) is 4.74 Å². The predicted octanol–water partition coefficient (Wildman–Crippen LogP) is 1.51. The minimum Gasteiger partial charge on any atom is -0.397 e. The van der Waals surface area contributed by atoms with Crippen LogP contribution in [0.25, 0.3) is 0 Å². The first-order chi connectivity index (χ1) is 8.10. The molecule has 6 heteroatoms. The maximum Gasteiger partial charge on any atom is 0.143 e. The number of nitrogens with zero attached hydrogens (tertiary/aromatic N) is 1. The molecule has 0 unspecified atom stereocenters. The minimum atomic E-state index is -0.552. The molecule has 4 nitrogen and oxygen atoms in total. The van der Waals surface area contributed by atoms with E-state index in [9.17, 15) is 4.39 Å². The van der Waals surface area contributed by atoms with Crippen LogP contribution in [0.3, 0.4) is 0 Å². The Morgan fingerprint density at radius 2 is 2.18 bits per heavy atom. The van der Waals surface area contributed by atoms with Crippen molar-refractivity contribution in [2.45, 2.75) is 0 Å². The molecule has 1 aromatic rings. The third-order valence-corrected chi connectivity index (χ3v) is 2.64. The molecule has 0 bridgehead atoms. The summed E-state index contributed by atoms with van der Waals surface area (Å²) in [7, 11) is 1.58. The van der Waals surface area contributed by atoms with Crippen molar-refractivity contribution < 1.29 is 14.2 Å². The molecule has 3 N–H and O–H groups in total. The Morgan fingerprint density at radius 3 is 2.76 bits per heavy atom. The molecule has 17 heavy (non-hydrogen) atoms. The lowest BCUT2D eigenvalue weighted by Crippen LogP contribution is -2.30. The molecule has 96 valence electrons. The molecule has 1 aromatic carbocycles. The first kappa shape index (κ1) is 14.0. The molecule has 0 radical (unpaired) electrons. The van der Waals surface area contributed by atoms with E-state index in [1.807, 2.05) is 0 Å². The molecule has 0 aliphatic carbocycles. The topological polar surface area (TPSA) is 58.7 Å². The summed E-state index contributed by atoms with van der Waals surface area (Å²) in [5.74, 6) is -0.552. The van der Waals surface area contributed by atoms with E-state index < -0.39 is 5.82 Å². The van der Waals surface area contributed by atoms with Crippen molar-refractivity contribution in [1.29, 1.82) is 0 Å². The largest absolute Gasteiger partial charge is 0.397 e. The van der Waals surface area contributed by atoms with Crippen LogP contribution in [0, 0.1) is 5.82 Å². The van der Waals surface area contributed by atoms with Gasteiger partial charge in [0.15, 0.2) is 0 Å². The third-order valence-electron chi connectivity index (χ3n) is 2.35. The third kappa shape index (κ3) is 3.73. The predicted molar refractivity (Wildman–Crippen MR) is 67.0 cm³/mol. The Kier molecular flexibility index (Phi) is 5.47. The van der Waals surface area contributed by atoms with E-state index in [-0.39, 0.29) is 17.3 Å². The normalized spacial score (nSPS) is 10.6. The lowest BCUT2D eigenvalue weighted by atomic mass is 10.2. The van der Waals surface area contributed by atoms with Gasteiger partial charge >= 0.3 is 0 Å². The summed E-state index contributed by atoms with van der Waals surface area (Å²) < 4.78 is 18.1. The highest BCUT2D eigenvalue weighted by Gasteiger charge is 2.12. The van der Waals surface area contributed by atoms with Crippen LogP contribution in [0.15, 0.2) is 12.1 Å². The number of halogens is 2. The molecule has 0 amide bonds. The summed E-state index contributed by atoms with van der Waals surface area (Å²) in [4.78, 5) is 1.80. The molecule has 0 fully saturated rings. The van der Waals surface area contributed by atoms with Crippen molar-refractivity contribution in [1.82, 2.24) is 0 Å². The number of ether oxygens (including phenoxy) is 1. The zero-order valence-corrected chi connectivity index (χ0v) is 10.4. The Bertz CT molecular complexity index is 377. The summed E-state index contributed by atoms with van der Waals surface area (Å²) >= 11 is 5.71. The number of nitrogens with two attached hydrogens (primary N) is 1. The molecular formula is C11H16ClFN2O2. The maximum absolute atomic E-state index is 13.2. The number of nitrogen functional groups attached to an aromatic ring is 1. The zero-order chi connectivity index (χ0) is 12.8. The van der Waals surface area contributed by atoms with E-state index in [2.05, 4.69) is 0 Å². The number of anilines is 2. The second-order valence-corrected chi connectivity index (χ2v) is 3.94. The standard InChI is InChI=1S/C11H16ClFN2O2/c1-17-5-3-15(2-4-16)11-6-8(12)9(13)7-10(11)14/h6-7,16H,2-5,14H2,1H3. The van der Waals surface area contributed by atoms with E-state index in [4.69, 9.17) is 27.2 Å². The van der Waals surface area contributed by atoms with Crippen LogP contribution in [0.5, 0.6) is 0 Å². The summed E-state index contributed by atoms with van der Waals surface area (Å²) in [6, 6.07) is 2.63. The van der Waals surface area contributed by atoms with Gasteiger partial charge in [0.05, 0.1) is 29.6 Å². The van der Waals surface area contributed by atoms with Crippen molar-refractivity contribution in [2.75, 3.05) is 44.0 Å². The van der Waals surface area contributed by atoms with Gasteiger partial charge in [-0.2, -0.15) is 0 Å². The molecule has 0 atom stereocenters. The lowest BCUT2D eigenvalue weighted by molar-refractivity contribution is 0.203. The van der Waals surface area contributed by atoms with Crippen molar-refractivity contribution in [3.05, 3.63) is 23.0 Å². The van der Waals surface area contributed by atoms with Gasteiger partial charge in [-0.3, -0.25) is 0 Å². The van der Waals surface area contributed by atoms with E-state index in [1.165, 1.54) is 12.1 Å². The van der Waals surface area contributed by atoms with Crippen LogP contribution in [-0.4, -0.2) is 38.5 Å². The molecular weight excluding hydrogens is 247 g/mol. The highest BCUT2D eigenvalue weighted by atomic mass is 35.5. The summed E-state index contributed by atoms with van der Waals surface area (Å²) in [6.07, 6.45) is 0. The Labute approximate surface area is 105 Å². The quantitative estimate of drug-likeness (QED) is 0.763. The van der Waals surface area contributed by atoms with Crippen LogP contribution in [0.2, 0.25) is 5.02 Å². The number of benzene rings is 1. The van der Waals surface area contributed by atoms with Gasteiger partial charge < -0.3 is 20.5 Å². The van der Waals surface area contributed by atoms with Crippen LogP contribution >= 0.6 is 11.6 Å². The van der Waals surface area contributed by atoms with Gasteiger partial charge in [-0.05, 0) is 6.07 Å². The number of aliphatic hydroxyl groups excluding tert-OH is 1. The Morgan fingerprint density at radius 1 is 1.47 bits per heavy atom. The average Bonchev–Trinajstić information content (AvgIpc) is 2.29. The van der Waals surface area contributed by atoms with E-state index in [0.29, 0.717) is 25.4 Å². The zero-order valence-electron chi connectivity index (χ0n) is 9.62. The van der Waals surface area contributed by atoms with Gasteiger partial charge in [0.1, 0.15) is 5.82 Å². The molecule has 0 heterocycles. The van der Waals surface area contributed by atoms with Crippen molar-refractivity contribution in [2.24, 2.45) is 0 Å². The van der Waals surface area contributed by atoms with Gasteiger partial charge in [0.25, 0.3) is 0 Å². The molecule has 0 aliphatic heterocycles. The summed E-state index contributed by atoms with van der Waals surface area (Å²) in [5.41, 5.74) is 6.62. The fourth-order valence-electron chi connectivity index (χ4n) is 1.50. The molecule has 0 saturated carbocycles. The van der Waals surface area contributed by atoms with Gasteiger partial charge in [-0.15, -0.1) is 0 Å². The second kappa shape index (κ2) is 6.64. The SMILES string of the molecule is COCCN(CCO)c1cc(Cl)c(F)cc1N. The maximum atomic E-state index is 13.2. The first-order valence-corrected chi connectivity index (χ1v) is 5.57. The summed E-state index contributed by atoms with van der Waals surface area (Å²) in [6.45, 7) is 1.38. The van der Waals surface area contributed by atoms with Gasteiger partial charge in [-0.1, -0.05) is 11.6 Å². The molecule has 0 spiro atoms. The monoisotopic (exact) mass is 262 g/mol. The highest BCUT2D eigenvalue weighted by molar-refractivity contribution is 6.31. The number of methoxy groups -OCH3 is 1. The number of rotatable bonds is 6. The van der Waals surface area contributed by atoms with Gasteiger partial charge in [-0.25, -0.2) is 4.39 Å². The average molecular weight is 263 g/mol.